The van der Waals surface area contributed by atoms with Gasteiger partial charge in [-0.2, -0.15) is 0 Å². The van der Waals surface area contributed by atoms with Gasteiger partial charge in [-0.05, 0) is 55.5 Å². The number of likely N-dealkylation sites (N-methyl/N-ethyl adjacent to an activating group) is 1. The predicted octanol–water partition coefficient (Wildman–Crippen LogP) is 3.72. The third kappa shape index (κ3) is 5.85. The lowest BCUT2D eigenvalue weighted by Gasteiger charge is -2.33. The Kier molecular flexibility index (Phi) is 7.20. The number of aromatic nitrogens is 3. The zero-order valence-corrected chi connectivity index (χ0v) is 18.3. The van der Waals surface area contributed by atoms with Crippen LogP contribution in [0.1, 0.15) is 36.9 Å². The van der Waals surface area contributed by atoms with Crippen molar-refractivity contribution in [1.29, 1.82) is 0 Å². The number of hydrogen-bond donors (Lipinski definition) is 0. The molecule has 0 N–H and O–H groups in total. The molecule has 1 fully saturated rings. The highest BCUT2D eigenvalue weighted by Gasteiger charge is 2.22. The molecule has 3 heterocycles. The van der Waals surface area contributed by atoms with Gasteiger partial charge in [-0.1, -0.05) is 18.2 Å². The molecule has 2 aromatic heterocycles. The Balaban J connectivity index is 1.25. The van der Waals surface area contributed by atoms with Crippen LogP contribution in [0, 0.1) is 5.92 Å². The Labute approximate surface area is 184 Å². The first-order valence-electron chi connectivity index (χ1n) is 11.2. The van der Waals surface area contributed by atoms with E-state index in [1.54, 1.807) is 18.6 Å². The summed E-state index contributed by atoms with van der Waals surface area (Å²) in [6, 6.07) is 12.1. The van der Waals surface area contributed by atoms with Crippen molar-refractivity contribution in [3.8, 4) is 0 Å². The van der Waals surface area contributed by atoms with Gasteiger partial charge in [0.2, 0.25) is 5.91 Å². The summed E-state index contributed by atoms with van der Waals surface area (Å²) in [6.45, 7) is 3.76. The monoisotopic (exact) mass is 417 g/mol. The second-order valence-electron chi connectivity index (χ2n) is 8.51. The number of likely N-dealkylation sites (tertiary alicyclic amines) is 1. The summed E-state index contributed by atoms with van der Waals surface area (Å²) in [5, 5.41) is 0. The molecule has 1 aromatic carbocycles. The molecule has 6 nitrogen and oxygen atoms in total. The average molecular weight is 418 g/mol. The average Bonchev–Trinajstić information content (AvgIpc) is 2.82. The molecule has 0 saturated carbocycles. The van der Waals surface area contributed by atoms with Gasteiger partial charge in [0.1, 0.15) is 0 Å². The summed E-state index contributed by atoms with van der Waals surface area (Å²) in [5.74, 6) is 0.806. The lowest BCUT2D eigenvalue weighted by Crippen LogP contribution is -2.36. The maximum absolute atomic E-state index is 12.6. The van der Waals surface area contributed by atoms with Crippen LogP contribution in [0.5, 0.6) is 0 Å². The van der Waals surface area contributed by atoms with Crippen molar-refractivity contribution in [3.05, 3.63) is 66.2 Å². The van der Waals surface area contributed by atoms with Crippen molar-refractivity contribution in [1.82, 2.24) is 24.8 Å². The maximum atomic E-state index is 12.6. The standard InChI is InChI=1S/C25H31N5O/c1-29(17-12-22-8-2-3-13-26-22)24(31)11-10-20-6-5-16-30(18-20)19-21-7-4-9-23-25(21)28-15-14-27-23/h2-4,7-9,13-15,20H,5-6,10-12,16-19H2,1H3. The molecular weight excluding hydrogens is 386 g/mol. The minimum absolute atomic E-state index is 0.234. The van der Waals surface area contributed by atoms with Gasteiger partial charge < -0.3 is 4.90 Å². The third-order valence-electron chi connectivity index (χ3n) is 6.20. The number of amides is 1. The van der Waals surface area contributed by atoms with Gasteiger partial charge in [0, 0.05) is 63.8 Å². The van der Waals surface area contributed by atoms with E-state index in [1.807, 2.05) is 36.2 Å². The Morgan fingerprint density at radius 3 is 2.87 bits per heavy atom. The van der Waals surface area contributed by atoms with Crippen LogP contribution in [-0.4, -0.2) is 57.3 Å². The minimum Gasteiger partial charge on any atom is -0.345 e. The molecule has 1 aliphatic heterocycles. The number of hydrogen-bond acceptors (Lipinski definition) is 5. The lowest BCUT2D eigenvalue weighted by atomic mass is 9.92. The highest BCUT2D eigenvalue weighted by molar-refractivity contribution is 5.77. The molecular formula is C25H31N5O. The lowest BCUT2D eigenvalue weighted by molar-refractivity contribution is -0.130. The van der Waals surface area contributed by atoms with Crippen LogP contribution in [0.3, 0.4) is 0 Å². The third-order valence-corrected chi connectivity index (χ3v) is 6.20. The number of benzene rings is 1. The number of nitrogens with zero attached hydrogens (tertiary/aromatic N) is 5. The second kappa shape index (κ2) is 10.4. The quantitative estimate of drug-likeness (QED) is 0.559. The number of pyridine rings is 1. The summed E-state index contributed by atoms with van der Waals surface area (Å²) >= 11 is 0. The molecule has 0 bridgehead atoms. The Hall–Kier alpha value is -2.86. The van der Waals surface area contributed by atoms with E-state index in [9.17, 15) is 4.79 Å². The van der Waals surface area contributed by atoms with E-state index in [1.165, 1.54) is 18.4 Å². The van der Waals surface area contributed by atoms with Crippen LogP contribution in [-0.2, 0) is 17.8 Å². The largest absolute Gasteiger partial charge is 0.345 e. The molecule has 1 saturated heterocycles. The number of fused-ring (bicyclic) bond motifs is 1. The van der Waals surface area contributed by atoms with Crippen molar-refractivity contribution in [2.75, 3.05) is 26.7 Å². The second-order valence-corrected chi connectivity index (χ2v) is 8.51. The summed E-state index contributed by atoms with van der Waals surface area (Å²) in [4.78, 5) is 30.3. The van der Waals surface area contributed by atoms with Crippen molar-refractivity contribution in [2.24, 2.45) is 5.92 Å². The van der Waals surface area contributed by atoms with Gasteiger partial charge in [0.15, 0.2) is 0 Å². The minimum atomic E-state index is 0.234. The molecule has 3 aromatic rings. The normalized spacial score (nSPS) is 17.0. The van der Waals surface area contributed by atoms with Crippen LogP contribution in [0.25, 0.3) is 11.0 Å². The molecule has 6 heteroatoms. The number of carbonyl (C=O) groups is 1. The SMILES string of the molecule is CN(CCc1ccccn1)C(=O)CCC1CCCN(Cc2cccc3nccnc23)C1. The maximum Gasteiger partial charge on any atom is 0.222 e. The van der Waals surface area contributed by atoms with Gasteiger partial charge in [0.25, 0.3) is 0 Å². The van der Waals surface area contributed by atoms with Gasteiger partial charge in [-0.3, -0.25) is 24.6 Å². The Bertz CT molecular complexity index is 988. The highest BCUT2D eigenvalue weighted by Crippen LogP contribution is 2.24. The fraction of sp³-hybridized carbons (Fsp3) is 0.440. The van der Waals surface area contributed by atoms with Gasteiger partial charge >= 0.3 is 0 Å². The summed E-state index contributed by atoms with van der Waals surface area (Å²) in [5.41, 5.74) is 4.21. The summed E-state index contributed by atoms with van der Waals surface area (Å²) in [7, 11) is 1.90. The van der Waals surface area contributed by atoms with Crippen molar-refractivity contribution in [3.63, 3.8) is 0 Å². The molecule has 0 spiro atoms. The van der Waals surface area contributed by atoms with Crippen LogP contribution in [0.15, 0.2) is 55.0 Å². The van der Waals surface area contributed by atoms with E-state index in [0.29, 0.717) is 12.3 Å². The first-order chi connectivity index (χ1) is 15.2. The fourth-order valence-electron chi connectivity index (χ4n) is 4.42. The zero-order chi connectivity index (χ0) is 21.5. The molecule has 0 radical (unpaired) electrons. The van der Waals surface area contributed by atoms with Crippen LogP contribution in [0.2, 0.25) is 0 Å². The van der Waals surface area contributed by atoms with E-state index in [0.717, 1.165) is 55.7 Å². The number of piperidine rings is 1. The molecule has 0 aliphatic carbocycles. The smallest absolute Gasteiger partial charge is 0.222 e. The Morgan fingerprint density at radius 2 is 2.00 bits per heavy atom. The predicted molar refractivity (Wildman–Crippen MR) is 122 cm³/mol. The molecule has 1 amide bonds. The van der Waals surface area contributed by atoms with E-state index < -0.39 is 0 Å². The zero-order valence-electron chi connectivity index (χ0n) is 18.3. The van der Waals surface area contributed by atoms with Crippen molar-refractivity contribution >= 4 is 16.9 Å². The first kappa shape index (κ1) is 21.4. The molecule has 1 aliphatic rings. The van der Waals surface area contributed by atoms with Crippen molar-refractivity contribution in [2.45, 2.75) is 38.6 Å². The van der Waals surface area contributed by atoms with Crippen LogP contribution >= 0.6 is 0 Å². The molecule has 31 heavy (non-hydrogen) atoms. The van der Waals surface area contributed by atoms with Gasteiger partial charge in [-0.25, -0.2) is 0 Å². The van der Waals surface area contributed by atoms with E-state index >= 15 is 0 Å². The number of para-hydroxylation sites is 1. The molecule has 4 rings (SSSR count). The van der Waals surface area contributed by atoms with E-state index in [-0.39, 0.29) is 5.91 Å². The first-order valence-corrected chi connectivity index (χ1v) is 11.2. The summed E-state index contributed by atoms with van der Waals surface area (Å²) < 4.78 is 0. The van der Waals surface area contributed by atoms with E-state index in [2.05, 4.69) is 32.0 Å². The van der Waals surface area contributed by atoms with E-state index in [4.69, 9.17) is 0 Å². The molecule has 1 atom stereocenters. The highest BCUT2D eigenvalue weighted by atomic mass is 16.2. The fourth-order valence-corrected chi connectivity index (χ4v) is 4.42. The van der Waals surface area contributed by atoms with Crippen molar-refractivity contribution < 1.29 is 4.79 Å². The topological polar surface area (TPSA) is 62.2 Å². The number of carbonyl (C=O) groups excluding carboxylic acids is 1. The van der Waals surface area contributed by atoms with Crippen LogP contribution in [0.4, 0.5) is 0 Å². The summed E-state index contributed by atoms with van der Waals surface area (Å²) in [6.07, 6.45) is 10.1. The van der Waals surface area contributed by atoms with Gasteiger partial charge in [-0.15, -0.1) is 0 Å². The Morgan fingerprint density at radius 1 is 1.10 bits per heavy atom. The van der Waals surface area contributed by atoms with Crippen LogP contribution < -0.4 is 0 Å². The molecule has 162 valence electrons. The number of rotatable bonds is 8. The molecule has 1 unspecified atom stereocenters. The van der Waals surface area contributed by atoms with Gasteiger partial charge in [0.05, 0.1) is 11.0 Å².